The minimum atomic E-state index is -1.03. The second-order valence-electron chi connectivity index (χ2n) is 5.32. The van der Waals surface area contributed by atoms with Crippen LogP contribution < -0.4 is 11.1 Å². The van der Waals surface area contributed by atoms with Gasteiger partial charge < -0.3 is 16.2 Å². The average Bonchev–Trinajstić information content (AvgIpc) is 2.93. The SMILES string of the molecule is Cl.NC[C@H]1CCC[C@H]1C(=O)NCC(O)c1ccccc1F. The molecule has 1 aliphatic rings. The van der Waals surface area contributed by atoms with Crippen LogP contribution in [0, 0.1) is 17.7 Å². The smallest absolute Gasteiger partial charge is 0.223 e. The van der Waals surface area contributed by atoms with Crippen LogP contribution in [0.15, 0.2) is 24.3 Å². The number of aliphatic hydroxyl groups excluding tert-OH is 1. The first-order valence-electron chi connectivity index (χ1n) is 7.03. The fourth-order valence-corrected chi connectivity index (χ4v) is 2.85. The lowest BCUT2D eigenvalue weighted by Crippen LogP contribution is -2.37. The van der Waals surface area contributed by atoms with Crippen molar-refractivity contribution in [1.29, 1.82) is 0 Å². The Morgan fingerprint density at radius 3 is 2.81 bits per heavy atom. The summed E-state index contributed by atoms with van der Waals surface area (Å²) < 4.78 is 13.5. The van der Waals surface area contributed by atoms with Crippen molar-refractivity contribution in [2.75, 3.05) is 13.1 Å². The molecule has 4 nitrogen and oxygen atoms in total. The maximum Gasteiger partial charge on any atom is 0.223 e. The third kappa shape index (κ3) is 4.40. The number of carbonyl (C=O) groups excluding carboxylic acids is 1. The van der Waals surface area contributed by atoms with Gasteiger partial charge in [0.2, 0.25) is 5.91 Å². The molecule has 21 heavy (non-hydrogen) atoms. The van der Waals surface area contributed by atoms with E-state index < -0.39 is 11.9 Å². The van der Waals surface area contributed by atoms with E-state index in [2.05, 4.69) is 5.32 Å². The number of nitrogens with two attached hydrogens (primary N) is 1. The highest BCUT2D eigenvalue weighted by Crippen LogP contribution is 2.31. The molecule has 3 atom stereocenters. The van der Waals surface area contributed by atoms with Crippen molar-refractivity contribution in [3.8, 4) is 0 Å². The first kappa shape index (κ1) is 17.9. The monoisotopic (exact) mass is 316 g/mol. The third-order valence-electron chi connectivity index (χ3n) is 4.03. The highest BCUT2D eigenvalue weighted by Gasteiger charge is 2.32. The summed E-state index contributed by atoms with van der Waals surface area (Å²) in [5, 5.41) is 12.6. The van der Waals surface area contributed by atoms with Gasteiger partial charge >= 0.3 is 0 Å². The standard InChI is InChI=1S/C15H21FN2O2.ClH/c16-13-7-2-1-5-12(13)14(19)9-18-15(20)11-6-3-4-10(11)8-17;/h1-2,5,7,10-11,14,19H,3-4,6,8-9,17H2,(H,18,20);1H/t10-,11-,14?;/m1./s1. The fourth-order valence-electron chi connectivity index (χ4n) is 2.85. The van der Waals surface area contributed by atoms with E-state index in [0.29, 0.717) is 6.54 Å². The molecule has 1 amide bonds. The number of halogens is 2. The van der Waals surface area contributed by atoms with E-state index in [1.807, 2.05) is 0 Å². The van der Waals surface area contributed by atoms with Gasteiger partial charge in [0.1, 0.15) is 5.82 Å². The van der Waals surface area contributed by atoms with E-state index in [9.17, 15) is 14.3 Å². The minimum absolute atomic E-state index is 0. The number of carbonyl (C=O) groups is 1. The molecule has 0 heterocycles. The van der Waals surface area contributed by atoms with Gasteiger partial charge in [-0.15, -0.1) is 12.4 Å². The Bertz CT molecular complexity index is 473. The van der Waals surface area contributed by atoms with E-state index in [4.69, 9.17) is 5.73 Å². The molecule has 1 aromatic carbocycles. The fraction of sp³-hybridized carbons (Fsp3) is 0.533. The van der Waals surface area contributed by atoms with Crippen LogP contribution in [0.25, 0.3) is 0 Å². The number of nitrogens with one attached hydrogen (secondary N) is 1. The molecule has 0 bridgehead atoms. The number of aliphatic hydroxyl groups is 1. The molecule has 118 valence electrons. The zero-order valence-corrected chi connectivity index (χ0v) is 12.6. The summed E-state index contributed by atoms with van der Waals surface area (Å²) in [5.74, 6) is -0.406. The summed E-state index contributed by atoms with van der Waals surface area (Å²) in [6.07, 6.45) is 1.79. The van der Waals surface area contributed by atoms with Gasteiger partial charge in [-0.2, -0.15) is 0 Å². The van der Waals surface area contributed by atoms with Crippen LogP contribution in [0.4, 0.5) is 4.39 Å². The van der Waals surface area contributed by atoms with Gasteiger partial charge in [-0.25, -0.2) is 4.39 Å². The van der Waals surface area contributed by atoms with Crippen LogP contribution in [0.3, 0.4) is 0 Å². The number of amides is 1. The Hall–Kier alpha value is -1.17. The highest BCUT2D eigenvalue weighted by molar-refractivity contribution is 5.85. The highest BCUT2D eigenvalue weighted by atomic mass is 35.5. The van der Waals surface area contributed by atoms with Gasteiger partial charge in [0.15, 0.2) is 0 Å². The van der Waals surface area contributed by atoms with E-state index in [0.717, 1.165) is 19.3 Å². The van der Waals surface area contributed by atoms with Gasteiger partial charge in [0.05, 0.1) is 6.10 Å². The predicted octanol–water partition coefficient (Wildman–Crippen LogP) is 1.77. The topological polar surface area (TPSA) is 75.4 Å². The molecule has 1 aromatic rings. The quantitative estimate of drug-likeness (QED) is 0.775. The molecule has 2 rings (SSSR count). The molecular weight excluding hydrogens is 295 g/mol. The molecular formula is C15H22ClFN2O2. The van der Waals surface area contributed by atoms with Crippen LogP contribution in [0.2, 0.25) is 0 Å². The van der Waals surface area contributed by atoms with Crippen LogP contribution in [0.5, 0.6) is 0 Å². The van der Waals surface area contributed by atoms with Crippen molar-refractivity contribution in [3.63, 3.8) is 0 Å². The Labute approximate surface area is 130 Å². The van der Waals surface area contributed by atoms with Gasteiger partial charge in [0, 0.05) is 18.0 Å². The summed E-state index contributed by atoms with van der Waals surface area (Å²) in [6, 6.07) is 6.03. The summed E-state index contributed by atoms with van der Waals surface area (Å²) in [5.41, 5.74) is 5.85. The summed E-state index contributed by atoms with van der Waals surface area (Å²) in [7, 11) is 0. The van der Waals surface area contributed by atoms with Crippen molar-refractivity contribution >= 4 is 18.3 Å². The molecule has 0 aromatic heterocycles. The molecule has 0 radical (unpaired) electrons. The summed E-state index contributed by atoms with van der Waals surface area (Å²) >= 11 is 0. The van der Waals surface area contributed by atoms with Crippen molar-refractivity contribution < 1.29 is 14.3 Å². The first-order valence-corrected chi connectivity index (χ1v) is 7.03. The maximum absolute atomic E-state index is 13.5. The van der Waals surface area contributed by atoms with E-state index in [1.165, 1.54) is 12.1 Å². The lowest BCUT2D eigenvalue weighted by molar-refractivity contribution is -0.126. The van der Waals surface area contributed by atoms with Gasteiger partial charge in [-0.3, -0.25) is 4.79 Å². The largest absolute Gasteiger partial charge is 0.386 e. The lowest BCUT2D eigenvalue weighted by Gasteiger charge is -2.19. The van der Waals surface area contributed by atoms with E-state index in [1.54, 1.807) is 12.1 Å². The Balaban J connectivity index is 0.00000220. The Kier molecular flexibility index (Phi) is 7.08. The predicted molar refractivity (Wildman–Crippen MR) is 81.5 cm³/mol. The summed E-state index contributed by atoms with van der Waals surface area (Å²) in [4.78, 5) is 12.1. The van der Waals surface area contributed by atoms with Gasteiger partial charge in [-0.1, -0.05) is 24.6 Å². The molecule has 1 fully saturated rings. The van der Waals surface area contributed by atoms with E-state index >= 15 is 0 Å². The molecule has 1 unspecified atom stereocenters. The van der Waals surface area contributed by atoms with Crippen LogP contribution in [-0.4, -0.2) is 24.1 Å². The second kappa shape index (κ2) is 8.32. The Morgan fingerprint density at radius 2 is 2.14 bits per heavy atom. The molecule has 4 N–H and O–H groups in total. The third-order valence-corrected chi connectivity index (χ3v) is 4.03. The van der Waals surface area contributed by atoms with Crippen molar-refractivity contribution in [2.45, 2.75) is 25.4 Å². The number of benzene rings is 1. The molecule has 0 saturated heterocycles. The molecule has 6 heteroatoms. The Morgan fingerprint density at radius 1 is 1.43 bits per heavy atom. The zero-order valence-electron chi connectivity index (χ0n) is 11.8. The number of hydrogen-bond donors (Lipinski definition) is 3. The average molecular weight is 317 g/mol. The van der Waals surface area contributed by atoms with Crippen LogP contribution in [0.1, 0.15) is 30.9 Å². The van der Waals surface area contributed by atoms with Gasteiger partial charge in [-0.05, 0) is 31.4 Å². The number of hydrogen-bond acceptors (Lipinski definition) is 3. The molecule has 0 aliphatic heterocycles. The zero-order chi connectivity index (χ0) is 14.5. The second-order valence-corrected chi connectivity index (χ2v) is 5.32. The maximum atomic E-state index is 13.5. The first-order chi connectivity index (χ1) is 9.63. The lowest BCUT2D eigenvalue weighted by atomic mass is 9.95. The minimum Gasteiger partial charge on any atom is -0.386 e. The normalized spacial score (nSPS) is 22.4. The van der Waals surface area contributed by atoms with Crippen molar-refractivity contribution in [2.24, 2.45) is 17.6 Å². The van der Waals surface area contributed by atoms with Crippen molar-refractivity contribution in [1.82, 2.24) is 5.32 Å². The number of rotatable bonds is 5. The van der Waals surface area contributed by atoms with Crippen LogP contribution in [-0.2, 0) is 4.79 Å². The van der Waals surface area contributed by atoms with Crippen molar-refractivity contribution in [3.05, 3.63) is 35.6 Å². The van der Waals surface area contributed by atoms with E-state index in [-0.39, 0.29) is 42.3 Å². The summed E-state index contributed by atoms with van der Waals surface area (Å²) in [6.45, 7) is 0.529. The van der Waals surface area contributed by atoms with Gasteiger partial charge in [0.25, 0.3) is 0 Å². The molecule has 1 saturated carbocycles. The molecule has 1 aliphatic carbocycles. The van der Waals surface area contributed by atoms with Crippen LogP contribution >= 0.6 is 12.4 Å². The molecule has 0 spiro atoms.